The molecule has 30 heavy (non-hydrogen) atoms. The summed E-state index contributed by atoms with van der Waals surface area (Å²) in [5, 5.41) is 3.43. The van der Waals surface area contributed by atoms with E-state index in [0.29, 0.717) is 18.4 Å². The molecule has 0 radical (unpaired) electrons. The zero-order valence-electron chi connectivity index (χ0n) is 17.8. The summed E-state index contributed by atoms with van der Waals surface area (Å²) in [5.74, 6) is 1.10. The highest BCUT2D eigenvalue weighted by Crippen LogP contribution is 2.29. The van der Waals surface area contributed by atoms with Crippen LogP contribution in [0.25, 0.3) is 22.3 Å². The van der Waals surface area contributed by atoms with Crippen molar-refractivity contribution in [3.05, 3.63) is 70.2 Å². The van der Waals surface area contributed by atoms with Crippen molar-refractivity contribution >= 4 is 22.4 Å². The Balaban J connectivity index is 1.53. The summed E-state index contributed by atoms with van der Waals surface area (Å²) in [7, 11) is 0. The molecule has 5 heteroatoms. The molecule has 0 aliphatic carbocycles. The number of benzene rings is 2. The Morgan fingerprint density at radius 1 is 0.933 bits per heavy atom. The van der Waals surface area contributed by atoms with Crippen LogP contribution in [0.3, 0.4) is 0 Å². The summed E-state index contributed by atoms with van der Waals surface area (Å²) >= 11 is 1.77. The fraction of sp³-hybridized carbons (Fsp3) is 0.320. The van der Waals surface area contributed by atoms with Crippen LogP contribution in [0.5, 0.6) is 5.88 Å². The molecule has 0 N–H and O–H groups in total. The Morgan fingerprint density at radius 2 is 1.73 bits per heavy atom. The van der Waals surface area contributed by atoms with E-state index in [1.54, 1.807) is 11.3 Å². The molecule has 154 valence electrons. The molecule has 0 amide bonds. The lowest BCUT2D eigenvalue weighted by Crippen LogP contribution is -2.00. The predicted octanol–water partition coefficient (Wildman–Crippen LogP) is 6.45. The first-order chi connectivity index (χ1) is 14.6. The minimum Gasteiger partial charge on any atom is -0.476 e. The van der Waals surface area contributed by atoms with Crippen molar-refractivity contribution in [3.8, 4) is 17.1 Å². The van der Waals surface area contributed by atoms with Crippen LogP contribution in [0, 0.1) is 0 Å². The first kappa shape index (κ1) is 20.5. The molecule has 4 nitrogen and oxygen atoms in total. The number of thiazole rings is 1. The Kier molecular flexibility index (Phi) is 6.38. The molecule has 0 atom stereocenters. The summed E-state index contributed by atoms with van der Waals surface area (Å²) in [5.41, 5.74) is 6.09. The molecule has 0 fully saturated rings. The first-order valence-electron chi connectivity index (χ1n) is 10.6. The molecule has 4 rings (SSSR count). The van der Waals surface area contributed by atoms with E-state index in [-0.39, 0.29) is 0 Å². The SMILES string of the molecule is CCOc1nc2ccccc2nc1-c1cccc(CCCc2csc(C(C)C)n2)c1. The second kappa shape index (κ2) is 9.35. The van der Waals surface area contributed by atoms with Gasteiger partial charge in [0, 0.05) is 16.9 Å². The number of nitrogens with zero attached hydrogens (tertiary/aromatic N) is 3. The fourth-order valence-electron chi connectivity index (χ4n) is 3.46. The molecule has 4 aromatic rings. The normalized spacial score (nSPS) is 11.3. The number of hydrogen-bond donors (Lipinski definition) is 0. The van der Waals surface area contributed by atoms with Gasteiger partial charge in [0.1, 0.15) is 5.69 Å². The van der Waals surface area contributed by atoms with E-state index in [2.05, 4.69) is 43.5 Å². The number of aromatic nitrogens is 3. The number of fused-ring (bicyclic) bond motifs is 1. The van der Waals surface area contributed by atoms with Gasteiger partial charge in [-0.3, -0.25) is 0 Å². The van der Waals surface area contributed by atoms with E-state index in [0.717, 1.165) is 41.6 Å². The smallest absolute Gasteiger partial charge is 0.241 e. The highest BCUT2D eigenvalue weighted by Gasteiger charge is 2.13. The van der Waals surface area contributed by atoms with Crippen molar-refractivity contribution in [2.75, 3.05) is 6.61 Å². The zero-order valence-corrected chi connectivity index (χ0v) is 18.6. The Bertz CT molecular complexity index is 1140. The molecule has 2 aromatic heterocycles. The molecule has 0 saturated carbocycles. The van der Waals surface area contributed by atoms with E-state index in [4.69, 9.17) is 19.7 Å². The molecular formula is C25H27N3OS. The average molecular weight is 418 g/mol. The van der Waals surface area contributed by atoms with E-state index < -0.39 is 0 Å². The summed E-state index contributed by atoms with van der Waals surface area (Å²) in [6, 6.07) is 16.5. The molecular weight excluding hydrogens is 390 g/mol. The third-order valence-electron chi connectivity index (χ3n) is 4.98. The monoisotopic (exact) mass is 417 g/mol. The zero-order chi connectivity index (χ0) is 20.9. The van der Waals surface area contributed by atoms with Gasteiger partial charge >= 0.3 is 0 Å². The lowest BCUT2D eigenvalue weighted by atomic mass is 10.0. The lowest BCUT2D eigenvalue weighted by Gasteiger charge is -2.11. The summed E-state index contributed by atoms with van der Waals surface area (Å²) < 4.78 is 5.82. The minimum atomic E-state index is 0.503. The molecule has 2 aromatic carbocycles. The maximum Gasteiger partial charge on any atom is 0.241 e. The van der Waals surface area contributed by atoms with Gasteiger partial charge < -0.3 is 4.74 Å². The van der Waals surface area contributed by atoms with E-state index in [1.165, 1.54) is 16.3 Å². The van der Waals surface area contributed by atoms with Gasteiger partial charge in [-0.25, -0.2) is 15.0 Å². The molecule has 0 unspecified atom stereocenters. The third-order valence-corrected chi connectivity index (χ3v) is 6.18. The lowest BCUT2D eigenvalue weighted by molar-refractivity contribution is 0.328. The van der Waals surface area contributed by atoms with Gasteiger partial charge in [-0.15, -0.1) is 11.3 Å². The van der Waals surface area contributed by atoms with Gasteiger partial charge in [-0.1, -0.05) is 44.2 Å². The standard InChI is InChI=1S/C25H27N3OS/c1-4-29-24-23(27-21-13-5-6-14-22(21)28-24)19-11-7-9-18(15-19)10-8-12-20-16-30-25(26-20)17(2)3/h5-7,9,11,13-17H,4,8,10,12H2,1-3H3. The van der Waals surface area contributed by atoms with Gasteiger partial charge in [0.15, 0.2) is 0 Å². The number of hydrogen-bond acceptors (Lipinski definition) is 5. The highest BCUT2D eigenvalue weighted by molar-refractivity contribution is 7.09. The van der Waals surface area contributed by atoms with Gasteiger partial charge in [0.2, 0.25) is 5.88 Å². The van der Waals surface area contributed by atoms with Gasteiger partial charge in [0.05, 0.1) is 28.3 Å². The quantitative estimate of drug-likeness (QED) is 0.330. The Hall–Kier alpha value is -2.79. The highest BCUT2D eigenvalue weighted by atomic mass is 32.1. The molecule has 0 spiro atoms. The number of aryl methyl sites for hydroxylation is 2. The second-order valence-corrected chi connectivity index (χ2v) is 8.57. The maximum atomic E-state index is 5.82. The largest absolute Gasteiger partial charge is 0.476 e. The molecule has 0 bridgehead atoms. The van der Waals surface area contributed by atoms with Crippen LogP contribution in [0.4, 0.5) is 0 Å². The molecule has 2 heterocycles. The van der Waals surface area contributed by atoms with Crippen LogP contribution in [0.2, 0.25) is 0 Å². The topological polar surface area (TPSA) is 47.9 Å². The average Bonchev–Trinajstić information content (AvgIpc) is 3.23. The van der Waals surface area contributed by atoms with Crippen molar-refractivity contribution in [1.82, 2.24) is 15.0 Å². The van der Waals surface area contributed by atoms with Crippen LogP contribution in [0.1, 0.15) is 49.4 Å². The fourth-order valence-corrected chi connectivity index (χ4v) is 4.33. The van der Waals surface area contributed by atoms with Crippen molar-refractivity contribution in [3.63, 3.8) is 0 Å². The van der Waals surface area contributed by atoms with Crippen molar-refractivity contribution in [2.24, 2.45) is 0 Å². The molecule has 0 aliphatic heterocycles. The summed E-state index contributed by atoms with van der Waals surface area (Å²) in [6.07, 6.45) is 3.09. The van der Waals surface area contributed by atoms with Crippen LogP contribution < -0.4 is 4.74 Å². The third kappa shape index (κ3) is 4.68. The minimum absolute atomic E-state index is 0.503. The van der Waals surface area contributed by atoms with Gasteiger partial charge in [-0.05, 0) is 49.9 Å². The van der Waals surface area contributed by atoms with E-state index in [1.807, 2.05) is 31.2 Å². The summed E-state index contributed by atoms with van der Waals surface area (Å²) in [6.45, 7) is 6.92. The van der Waals surface area contributed by atoms with Crippen molar-refractivity contribution < 1.29 is 4.74 Å². The van der Waals surface area contributed by atoms with E-state index >= 15 is 0 Å². The number of rotatable bonds is 8. The number of para-hydroxylation sites is 2. The molecule has 0 aliphatic rings. The van der Waals surface area contributed by atoms with Crippen LogP contribution in [-0.4, -0.2) is 21.6 Å². The maximum absolute atomic E-state index is 5.82. The van der Waals surface area contributed by atoms with Crippen LogP contribution in [-0.2, 0) is 12.8 Å². The van der Waals surface area contributed by atoms with Crippen LogP contribution in [0.15, 0.2) is 53.9 Å². The van der Waals surface area contributed by atoms with Gasteiger partial charge in [0.25, 0.3) is 0 Å². The number of ether oxygens (including phenoxy) is 1. The second-order valence-electron chi connectivity index (χ2n) is 7.68. The van der Waals surface area contributed by atoms with E-state index in [9.17, 15) is 0 Å². The predicted molar refractivity (Wildman–Crippen MR) is 124 cm³/mol. The van der Waals surface area contributed by atoms with Crippen LogP contribution >= 0.6 is 11.3 Å². The molecule has 0 saturated heterocycles. The van der Waals surface area contributed by atoms with Crippen molar-refractivity contribution in [2.45, 2.75) is 46.0 Å². The van der Waals surface area contributed by atoms with Gasteiger partial charge in [-0.2, -0.15) is 0 Å². The van der Waals surface area contributed by atoms with Crippen molar-refractivity contribution in [1.29, 1.82) is 0 Å². The Morgan fingerprint density at radius 3 is 2.47 bits per heavy atom. The summed E-state index contributed by atoms with van der Waals surface area (Å²) in [4.78, 5) is 14.3. The first-order valence-corrected chi connectivity index (χ1v) is 11.4. The Labute approximate surface area is 182 Å².